The number of hydrogen-bond donors (Lipinski definition) is 0. The molecule has 0 bridgehead atoms. The summed E-state index contributed by atoms with van der Waals surface area (Å²) in [4.78, 5) is 4.44. The van der Waals surface area contributed by atoms with Crippen molar-refractivity contribution in [3.63, 3.8) is 0 Å². The number of nitrogens with zero attached hydrogens (tertiary/aromatic N) is 2. The van der Waals surface area contributed by atoms with Crippen molar-refractivity contribution in [1.29, 1.82) is 0 Å². The van der Waals surface area contributed by atoms with Gasteiger partial charge in [-0.1, -0.05) is 18.2 Å². The van der Waals surface area contributed by atoms with Crippen LogP contribution in [0.4, 0.5) is 0 Å². The van der Waals surface area contributed by atoms with Crippen LogP contribution >= 0.6 is 0 Å². The fourth-order valence-corrected chi connectivity index (χ4v) is 4.02. The number of ether oxygens (including phenoxy) is 2. The van der Waals surface area contributed by atoms with Crippen molar-refractivity contribution >= 4 is 9.84 Å². The van der Waals surface area contributed by atoms with Gasteiger partial charge in [0.15, 0.2) is 17.6 Å². The maximum Gasteiger partial charge on any atom is 0.206 e. The average molecular weight is 356 g/mol. The second-order valence-corrected chi connectivity index (χ2v) is 7.69. The average Bonchev–Trinajstić information content (AvgIpc) is 3.15. The van der Waals surface area contributed by atoms with E-state index in [1.165, 1.54) is 6.07 Å². The molecule has 0 fully saturated rings. The standard InChI is InChI=1S/C18H16N2O4S/c21-25(22,15-4-2-1-3-5-15)16-6-7-17-18(10-16)24-14(12-23-17)11-20-9-8-19-13-20/h1-10,13-14H,11-12H2/t14-/m0/s1. The lowest BCUT2D eigenvalue weighted by atomic mass is 10.2. The van der Waals surface area contributed by atoms with E-state index in [1.54, 1.807) is 55.0 Å². The van der Waals surface area contributed by atoms with Gasteiger partial charge in [-0.25, -0.2) is 13.4 Å². The highest BCUT2D eigenvalue weighted by molar-refractivity contribution is 7.91. The van der Waals surface area contributed by atoms with E-state index in [2.05, 4.69) is 4.98 Å². The molecule has 1 aromatic heterocycles. The normalized spacial score (nSPS) is 16.6. The molecule has 0 amide bonds. The van der Waals surface area contributed by atoms with E-state index in [1.807, 2.05) is 10.8 Å². The maximum atomic E-state index is 12.7. The Kier molecular flexibility index (Phi) is 3.93. The molecule has 0 radical (unpaired) electrons. The Balaban J connectivity index is 1.62. The third-order valence-corrected chi connectivity index (χ3v) is 5.74. The molecule has 0 saturated carbocycles. The molecule has 2 aromatic carbocycles. The van der Waals surface area contributed by atoms with Crippen LogP contribution < -0.4 is 9.47 Å². The van der Waals surface area contributed by atoms with E-state index in [0.29, 0.717) is 24.7 Å². The number of aromatic nitrogens is 2. The molecular weight excluding hydrogens is 340 g/mol. The van der Waals surface area contributed by atoms with Gasteiger partial charge in [0.1, 0.15) is 6.61 Å². The molecular formula is C18H16N2O4S. The number of rotatable bonds is 4. The topological polar surface area (TPSA) is 70.4 Å². The molecule has 0 N–H and O–H groups in total. The number of imidazole rings is 1. The number of benzene rings is 2. The Bertz CT molecular complexity index is 970. The second-order valence-electron chi connectivity index (χ2n) is 5.74. The first-order chi connectivity index (χ1) is 12.1. The van der Waals surface area contributed by atoms with Crippen LogP contribution in [-0.2, 0) is 16.4 Å². The highest BCUT2D eigenvalue weighted by atomic mass is 32.2. The predicted molar refractivity (Wildman–Crippen MR) is 90.5 cm³/mol. The minimum Gasteiger partial charge on any atom is -0.486 e. The molecule has 0 aliphatic carbocycles. The molecule has 2 heterocycles. The Morgan fingerprint density at radius 2 is 1.92 bits per heavy atom. The van der Waals surface area contributed by atoms with Crippen LogP contribution in [0.2, 0.25) is 0 Å². The Morgan fingerprint density at radius 3 is 2.68 bits per heavy atom. The smallest absolute Gasteiger partial charge is 0.206 e. The molecule has 25 heavy (non-hydrogen) atoms. The fourth-order valence-electron chi connectivity index (χ4n) is 2.72. The predicted octanol–water partition coefficient (Wildman–Crippen LogP) is 2.56. The van der Waals surface area contributed by atoms with Gasteiger partial charge < -0.3 is 14.0 Å². The van der Waals surface area contributed by atoms with Gasteiger partial charge >= 0.3 is 0 Å². The zero-order chi connectivity index (χ0) is 17.3. The number of fused-ring (bicyclic) bond motifs is 1. The van der Waals surface area contributed by atoms with Crippen LogP contribution in [0.3, 0.4) is 0 Å². The molecule has 0 unspecified atom stereocenters. The fraction of sp³-hybridized carbons (Fsp3) is 0.167. The minimum atomic E-state index is -3.59. The second kappa shape index (κ2) is 6.25. The van der Waals surface area contributed by atoms with Gasteiger partial charge in [0.05, 0.1) is 22.7 Å². The van der Waals surface area contributed by atoms with Crippen LogP contribution in [-0.4, -0.2) is 30.7 Å². The summed E-state index contributed by atoms with van der Waals surface area (Å²) < 4.78 is 39.0. The summed E-state index contributed by atoms with van der Waals surface area (Å²) >= 11 is 0. The SMILES string of the molecule is O=S(=O)(c1ccccc1)c1ccc2c(c1)O[C@@H](Cn1ccnc1)CO2. The number of sulfone groups is 1. The molecule has 128 valence electrons. The van der Waals surface area contributed by atoms with Crippen molar-refractivity contribution in [2.45, 2.75) is 22.4 Å². The molecule has 0 saturated heterocycles. The van der Waals surface area contributed by atoms with Gasteiger partial charge in [-0.2, -0.15) is 0 Å². The molecule has 4 rings (SSSR count). The van der Waals surface area contributed by atoms with Crippen LogP contribution in [0.15, 0.2) is 77.0 Å². The first-order valence-corrected chi connectivity index (χ1v) is 9.30. The zero-order valence-corrected chi connectivity index (χ0v) is 14.1. The van der Waals surface area contributed by atoms with Gasteiger partial charge in [0, 0.05) is 18.5 Å². The van der Waals surface area contributed by atoms with Crippen molar-refractivity contribution < 1.29 is 17.9 Å². The van der Waals surface area contributed by atoms with Gasteiger partial charge in [-0.15, -0.1) is 0 Å². The van der Waals surface area contributed by atoms with E-state index >= 15 is 0 Å². The lowest BCUT2D eigenvalue weighted by molar-refractivity contribution is 0.0781. The summed E-state index contributed by atoms with van der Waals surface area (Å²) in [7, 11) is -3.59. The zero-order valence-electron chi connectivity index (χ0n) is 13.3. The van der Waals surface area contributed by atoms with E-state index < -0.39 is 9.84 Å². The quantitative estimate of drug-likeness (QED) is 0.718. The summed E-state index contributed by atoms with van der Waals surface area (Å²) in [5.41, 5.74) is 0. The van der Waals surface area contributed by atoms with Crippen molar-refractivity contribution in [1.82, 2.24) is 9.55 Å². The van der Waals surface area contributed by atoms with Crippen molar-refractivity contribution in [2.24, 2.45) is 0 Å². The molecule has 3 aromatic rings. The molecule has 1 atom stereocenters. The highest BCUT2D eigenvalue weighted by Gasteiger charge is 2.25. The van der Waals surface area contributed by atoms with Crippen LogP contribution in [0.5, 0.6) is 11.5 Å². The maximum absolute atomic E-state index is 12.7. The van der Waals surface area contributed by atoms with E-state index in [9.17, 15) is 8.42 Å². The highest BCUT2D eigenvalue weighted by Crippen LogP contribution is 2.35. The lowest BCUT2D eigenvalue weighted by Crippen LogP contribution is -2.33. The van der Waals surface area contributed by atoms with Crippen molar-refractivity contribution in [3.8, 4) is 11.5 Å². The lowest BCUT2D eigenvalue weighted by Gasteiger charge is -2.27. The largest absolute Gasteiger partial charge is 0.486 e. The molecule has 1 aliphatic heterocycles. The van der Waals surface area contributed by atoms with E-state index in [-0.39, 0.29) is 15.9 Å². The monoisotopic (exact) mass is 356 g/mol. The van der Waals surface area contributed by atoms with Gasteiger partial charge in [0.25, 0.3) is 0 Å². The summed E-state index contributed by atoms with van der Waals surface area (Å²) in [6, 6.07) is 13.0. The Hall–Kier alpha value is -2.80. The first kappa shape index (κ1) is 15.7. The van der Waals surface area contributed by atoms with Crippen LogP contribution in [0.1, 0.15) is 0 Å². The summed E-state index contributed by atoms with van der Waals surface area (Å²) in [6.45, 7) is 0.977. The van der Waals surface area contributed by atoms with E-state index in [0.717, 1.165) is 0 Å². The van der Waals surface area contributed by atoms with Crippen molar-refractivity contribution in [3.05, 3.63) is 67.3 Å². The van der Waals surface area contributed by atoms with Crippen LogP contribution in [0.25, 0.3) is 0 Å². The number of hydrogen-bond acceptors (Lipinski definition) is 5. The van der Waals surface area contributed by atoms with Crippen LogP contribution in [0, 0.1) is 0 Å². The Morgan fingerprint density at radius 1 is 1.08 bits per heavy atom. The summed E-state index contributed by atoms with van der Waals surface area (Å²) in [5.74, 6) is 0.988. The molecule has 6 nitrogen and oxygen atoms in total. The summed E-state index contributed by atoms with van der Waals surface area (Å²) in [6.07, 6.45) is 5.03. The molecule has 1 aliphatic rings. The summed E-state index contributed by atoms with van der Waals surface area (Å²) in [5, 5.41) is 0. The molecule has 7 heteroatoms. The van der Waals surface area contributed by atoms with Gasteiger partial charge in [0.2, 0.25) is 9.84 Å². The van der Waals surface area contributed by atoms with Gasteiger partial charge in [-0.05, 0) is 24.3 Å². The Labute approximate surface area is 145 Å². The van der Waals surface area contributed by atoms with Gasteiger partial charge in [-0.3, -0.25) is 0 Å². The third kappa shape index (κ3) is 3.10. The molecule has 0 spiro atoms. The first-order valence-electron chi connectivity index (χ1n) is 7.82. The minimum absolute atomic E-state index is 0.185. The van der Waals surface area contributed by atoms with Crippen molar-refractivity contribution in [2.75, 3.05) is 6.61 Å². The third-order valence-electron chi connectivity index (χ3n) is 3.97. The van der Waals surface area contributed by atoms with E-state index in [4.69, 9.17) is 9.47 Å².